The molecule has 0 atom stereocenters. The number of hydrogen-bond acceptors (Lipinski definition) is 5. The molecule has 1 heterocycles. The second kappa shape index (κ2) is 7.05. The van der Waals surface area contributed by atoms with Crippen LogP contribution in [0.5, 0.6) is 5.75 Å². The van der Waals surface area contributed by atoms with Gasteiger partial charge in [0.25, 0.3) is 17.7 Å². The number of nitrogens with one attached hydrogen (secondary N) is 3. The van der Waals surface area contributed by atoms with Gasteiger partial charge < -0.3 is 10.4 Å². The van der Waals surface area contributed by atoms with Crippen LogP contribution in [0.3, 0.4) is 0 Å². The van der Waals surface area contributed by atoms with Crippen molar-refractivity contribution < 1.29 is 24.3 Å². The summed E-state index contributed by atoms with van der Waals surface area (Å²) in [6.45, 7) is 5.63. The van der Waals surface area contributed by atoms with Crippen molar-refractivity contribution in [3.63, 3.8) is 0 Å². The minimum absolute atomic E-state index is 0.0924. The maximum absolute atomic E-state index is 13.0. The van der Waals surface area contributed by atoms with Gasteiger partial charge in [-0.15, -0.1) is 0 Å². The molecule has 1 saturated heterocycles. The van der Waals surface area contributed by atoms with E-state index in [9.17, 15) is 24.3 Å². The highest BCUT2D eigenvalue weighted by Gasteiger charge is 2.53. The van der Waals surface area contributed by atoms with Gasteiger partial charge in [0.1, 0.15) is 5.75 Å². The summed E-state index contributed by atoms with van der Waals surface area (Å²) in [6, 6.07) is 11.6. The van der Waals surface area contributed by atoms with Crippen molar-refractivity contribution in [3.05, 3.63) is 65.2 Å². The summed E-state index contributed by atoms with van der Waals surface area (Å²) >= 11 is 0. The maximum Gasteiger partial charge on any atom is 0.328 e. The van der Waals surface area contributed by atoms with Crippen molar-refractivity contribution in [2.45, 2.75) is 31.7 Å². The third-order valence-electron chi connectivity index (χ3n) is 4.73. The summed E-state index contributed by atoms with van der Waals surface area (Å²) in [7, 11) is 0. The summed E-state index contributed by atoms with van der Waals surface area (Å²) in [5.74, 6) is -3.06. The number of benzene rings is 2. The Labute approximate surface area is 167 Å². The van der Waals surface area contributed by atoms with E-state index in [2.05, 4.69) is 5.32 Å². The van der Waals surface area contributed by atoms with Gasteiger partial charge in [0.15, 0.2) is 0 Å². The van der Waals surface area contributed by atoms with Gasteiger partial charge in [0.2, 0.25) is 5.54 Å². The standard InChI is InChI=1S/C21H21N3O5/c1-20(2,3)14-11-7-10-13(15(14)25)16(26)24-21(12-8-5-4-6-9-12)17(27)22-19(29)23-18(21)28/h4-11,25H,1-3H3,(H,24,26)(H2,22,23,27,28,29). The molecular formula is C21H21N3O5. The average Bonchev–Trinajstić information content (AvgIpc) is 2.64. The van der Waals surface area contributed by atoms with Gasteiger partial charge >= 0.3 is 6.03 Å². The monoisotopic (exact) mass is 395 g/mol. The molecule has 0 aliphatic carbocycles. The number of phenolic OH excluding ortho intramolecular Hbond substituents is 1. The molecule has 8 heteroatoms. The maximum atomic E-state index is 13.0. The Morgan fingerprint density at radius 1 is 0.931 bits per heavy atom. The SMILES string of the molecule is CC(C)(C)c1cccc(C(=O)NC2(c3ccccc3)C(=O)NC(=O)NC2=O)c1O. The molecule has 1 aliphatic rings. The summed E-state index contributed by atoms with van der Waals surface area (Å²) in [6.07, 6.45) is 0. The predicted octanol–water partition coefficient (Wildman–Crippen LogP) is 1.68. The quantitative estimate of drug-likeness (QED) is 0.589. The molecule has 0 bridgehead atoms. The van der Waals surface area contributed by atoms with Crippen LogP contribution in [-0.4, -0.2) is 28.9 Å². The van der Waals surface area contributed by atoms with E-state index in [1.807, 2.05) is 31.4 Å². The molecule has 0 saturated carbocycles. The molecule has 2 aromatic rings. The number of carbonyl (C=O) groups is 4. The van der Waals surface area contributed by atoms with Crippen LogP contribution < -0.4 is 16.0 Å². The lowest BCUT2D eigenvalue weighted by molar-refractivity contribution is -0.139. The first kappa shape index (κ1) is 20.1. The van der Waals surface area contributed by atoms with Crippen molar-refractivity contribution in [1.82, 2.24) is 16.0 Å². The van der Waals surface area contributed by atoms with E-state index in [-0.39, 0.29) is 16.9 Å². The van der Waals surface area contributed by atoms with Crippen molar-refractivity contribution in [1.29, 1.82) is 0 Å². The lowest BCUT2D eigenvalue weighted by Crippen LogP contribution is -2.71. The van der Waals surface area contributed by atoms with E-state index in [1.165, 1.54) is 18.2 Å². The number of aromatic hydroxyl groups is 1. The van der Waals surface area contributed by atoms with Crippen LogP contribution >= 0.6 is 0 Å². The zero-order valence-electron chi connectivity index (χ0n) is 16.2. The van der Waals surface area contributed by atoms with Gasteiger partial charge in [-0.05, 0) is 17.0 Å². The Morgan fingerprint density at radius 2 is 1.52 bits per heavy atom. The van der Waals surface area contributed by atoms with Crippen LogP contribution in [0.25, 0.3) is 0 Å². The van der Waals surface area contributed by atoms with Crippen molar-refractivity contribution in [2.24, 2.45) is 0 Å². The number of barbiturate groups is 1. The van der Waals surface area contributed by atoms with Crippen molar-refractivity contribution in [3.8, 4) is 5.75 Å². The van der Waals surface area contributed by atoms with Crippen LogP contribution in [-0.2, 0) is 20.5 Å². The second-order valence-electron chi connectivity index (χ2n) is 7.76. The first-order valence-corrected chi connectivity index (χ1v) is 8.94. The lowest BCUT2D eigenvalue weighted by Gasteiger charge is -2.35. The molecule has 0 spiro atoms. The number of imide groups is 2. The van der Waals surface area contributed by atoms with Crippen LogP contribution in [0.4, 0.5) is 4.79 Å². The van der Waals surface area contributed by atoms with E-state index < -0.39 is 34.7 Å². The fourth-order valence-electron chi connectivity index (χ4n) is 3.23. The largest absolute Gasteiger partial charge is 0.507 e. The number of hydrogen-bond donors (Lipinski definition) is 4. The minimum Gasteiger partial charge on any atom is -0.507 e. The summed E-state index contributed by atoms with van der Waals surface area (Å²) in [5.41, 5.74) is -2.00. The summed E-state index contributed by atoms with van der Waals surface area (Å²) in [5, 5.41) is 17.1. The van der Waals surface area contributed by atoms with Gasteiger partial charge in [-0.1, -0.05) is 63.2 Å². The van der Waals surface area contributed by atoms with Crippen LogP contribution in [0.15, 0.2) is 48.5 Å². The Morgan fingerprint density at radius 3 is 2.07 bits per heavy atom. The highest BCUT2D eigenvalue weighted by atomic mass is 16.3. The smallest absolute Gasteiger partial charge is 0.328 e. The first-order chi connectivity index (χ1) is 13.6. The molecule has 8 nitrogen and oxygen atoms in total. The molecule has 0 unspecified atom stereocenters. The normalized spacial score (nSPS) is 16.0. The summed E-state index contributed by atoms with van der Waals surface area (Å²) in [4.78, 5) is 50.1. The predicted molar refractivity (Wildman–Crippen MR) is 104 cm³/mol. The molecular weight excluding hydrogens is 374 g/mol. The molecule has 150 valence electrons. The van der Waals surface area contributed by atoms with Crippen LogP contribution in [0, 0.1) is 0 Å². The molecule has 4 N–H and O–H groups in total. The molecule has 0 radical (unpaired) electrons. The fraction of sp³-hybridized carbons (Fsp3) is 0.238. The van der Waals surface area contributed by atoms with Gasteiger partial charge in [0, 0.05) is 5.56 Å². The zero-order valence-corrected chi connectivity index (χ0v) is 16.2. The highest BCUT2D eigenvalue weighted by molar-refractivity contribution is 6.24. The number of amides is 5. The van der Waals surface area contributed by atoms with Gasteiger partial charge in [-0.3, -0.25) is 25.0 Å². The number of rotatable bonds is 3. The highest BCUT2D eigenvalue weighted by Crippen LogP contribution is 2.34. The molecule has 0 aromatic heterocycles. The summed E-state index contributed by atoms with van der Waals surface area (Å²) < 4.78 is 0. The molecule has 1 aliphatic heterocycles. The third kappa shape index (κ3) is 3.44. The van der Waals surface area contributed by atoms with Crippen molar-refractivity contribution >= 4 is 23.8 Å². The zero-order chi connectivity index (χ0) is 21.4. The van der Waals surface area contributed by atoms with Gasteiger partial charge in [-0.2, -0.15) is 0 Å². The Bertz CT molecular complexity index is 989. The minimum atomic E-state index is -2.17. The topological polar surface area (TPSA) is 125 Å². The fourth-order valence-corrected chi connectivity index (χ4v) is 3.23. The second-order valence-corrected chi connectivity index (χ2v) is 7.76. The van der Waals surface area contributed by atoms with Gasteiger partial charge in [0.05, 0.1) is 5.56 Å². The van der Waals surface area contributed by atoms with Crippen LogP contribution in [0.2, 0.25) is 0 Å². The number of urea groups is 1. The van der Waals surface area contributed by atoms with E-state index in [0.29, 0.717) is 5.56 Å². The Kier molecular flexibility index (Phi) is 4.88. The number of para-hydroxylation sites is 1. The Hall–Kier alpha value is -3.68. The first-order valence-electron chi connectivity index (χ1n) is 8.94. The molecule has 2 aromatic carbocycles. The van der Waals surface area contributed by atoms with E-state index in [0.717, 1.165) is 0 Å². The van der Waals surface area contributed by atoms with E-state index in [4.69, 9.17) is 0 Å². The third-order valence-corrected chi connectivity index (χ3v) is 4.73. The average molecular weight is 395 g/mol. The number of carbonyl (C=O) groups excluding carboxylic acids is 4. The lowest BCUT2D eigenvalue weighted by atomic mass is 9.84. The van der Waals surface area contributed by atoms with Crippen LogP contribution in [0.1, 0.15) is 42.3 Å². The number of phenols is 1. The Balaban J connectivity index is 2.09. The molecule has 3 rings (SSSR count). The van der Waals surface area contributed by atoms with Crippen molar-refractivity contribution in [2.75, 3.05) is 0 Å². The van der Waals surface area contributed by atoms with Gasteiger partial charge in [-0.25, -0.2) is 4.79 Å². The molecule has 1 fully saturated rings. The molecule has 5 amide bonds. The molecule has 29 heavy (non-hydrogen) atoms. The van der Waals surface area contributed by atoms with E-state index in [1.54, 1.807) is 30.3 Å². The van der Waals surface area contributed by atoms with E-state index >= 15 is 0 Å².